The Kier molecular flexibility index (Phi) is 5.80. The first kappa shape index (κ1) is 16.3. The van der Waals surface area contributed by atoms with Crippen molar-refractivity contribution in [2.75, 3.05) is 13.2 Å². The summed E-state index contributed by atoms with van der Waals surface area (Å²) in [5.74, 6) is 0.208. The number of hydrogen-bond acceptors (Lipinski definition) is 3. The van der Waals surface area contributed by atoms with Crippen molar-refractivity contribution in [3.05, 3.63) is 29.6 Å². The average Bonchev–Trinajstić information content (AvgIpc) is 2.30. The number of carbonyl (C=O) groups is 1. The van der Waals surface area contributed by atoms with Gasteiger partial charge < -0.3 is 14.8 Å². The molecule has 0 saturated carbocycles. The summed E-state index contributed by atoms with van der Waals surface area (Å²) in [7, 11) is 0. The van der Waals surface area contributed by atoms with Gasteiger partial charge in [-0.15, -0.1) is 0 Å². The number of amides is 1. The molecule has 0 aliphatic carbocycles. The second-order valence-corrected chi connectivity index (χ2v) is 5.54. The first-order valence-electron chi connectivity index (χ1n) is 6.64. The van der Waals surface area contributed by atoms with Crippen molar-refractivity contribution >= 4 is 6.09 Å². The second-order valence-electron chi connectivity index (χ2n) is 5.54. The Morgan fingerprint density at radius 1 is 1.35 bits per heavy atom. The molecule has 0 radical (unpaired) electrons. The molecule has 1 aromatic rings. The van der Waals surface area contributed by atoms with Gasteiger partial charge in [-0.25, -0.2) is 9.18 Å². The van der Waals surface area contributed by atoms with Gasteiger partial charge in [0.1, 0.15) is 17.2 Å². The van der Waals surface area contributed by atoms with E-state index in [0.29, 0.717) is 25.3 Å². The zero-order valence-corrected chi connectivity index (χ0v) is 12.5. The molecular weight excluding hydrogens is 261 g/mol. The molecule has 0 fully saturated rings. The van der Waals surface area contributed by atoms with Gasteiger partial charge in [0.05, 0.1) is 6.61 Å². The maximum absolute atomic E-state index is 13.0. The molecule has 20 heavy (non-hydrogen) atoms. The topological polar surface area (TPSA) is 47.6 Å². The van der Waals surface area contributed by atoms with Crippen LogP contribution < -0.4 is 10.1 Å². The molecule has 4 nitrogen and oxygen atoms in total. The summed E-state index contributed by atoms with van der Waals surface area (Å²) < 4.78 is 23.6. The van der Waals surface area contributed by atoms with Gasteiger partial charge in [0.25, 0.3) is 0 Å². The lowest BCUT2D eigenvalue weighted by Crippen LogP contribution is -2.33. The Hall–Kier alpha value is -1.78. The van der Waals surface area contributed by atoms with Crippen LogP contribution in [0.5, 0.6) is 5.75 Å². The fourth-order valence-corrected chi connectivity index (χ4v) is 1.49. The van der Waals surface area contributed by atoms with Crippen molar-refractivity contribution in [1.29, 1.82) is 0 Å². The standard InChI is InChI=1S/C15H22FNO3/c1-11-6-7-12(16)10-13(11)19-9-5-8-17-14(18)20-15(2,3)4/h6-7,10H,5,8-9H2,1-4H3,(H,17,18). The fraction of sp³-hybridized carbons (Fsp3) is 0.533. The molecule has 0 aliphatic heterocycles. The molecule has 0 atom stereocenters. The summed E-state index contributed by atoms with van der Waals surface area (Å²) in [5, 5.41) is 2.64. The van der Waals surface area contributed by atoms with E-state index in [1.165, 1.54) is 12.1 Å². The van der Waals surface area contributed by atoms with Gasteiger partial charge in [0.15, 0.2) is 0 Å². The van der Waals surface area contributed by atoms with E-state index in [-0.39, 0.29) is 5.82 Å². The number of nitrogens with one attached hydrogen (secondary N) is 1. The lowest BCUT2D eigenvalue weighted by atomic mass is 10.2. The van der Waals surface area contributed by atoms with Crippen LogP contribution in [0.2, 0.25) is 0 Å². The van der Waals surface area contributed by atoms with Gasteiger partial charge in [-0.3, -0.25) is 0 Å². The van der Waals surface area contributed by atoms with Gasteiger partial charge in [0.2, 0.25) is 0 Å². The van der Waals surface area contributed by atoms with Crippen molar-refractivity contribution in [2.24, 2.45) is 0 Å². The third-order valence-electron chi connectivity index (χ3n) is 2.40. The molecule has 0 spiro atoms. The summed E-state index contributed by atoms with van der Waals surface area (Å²) in [5.41, 5.74) is 0.380. The highest BCUT2D eigenvalue weighted by atomic mass is 19.1. The van der Waals surface area contributed by atoms with Crippen LogP contribution in [0.3, 0.4) is 0 Å². The second kappa shape index (κ2) is 7.12. The Labute approximate surface area is 119 Å². The van der Waals surface area contributed by atoms with Gasteiger partial charge in [-0.1, -0.05) is 6.07 Å². The number of hydrogen-bond donors (Lipinski definition) is 1. The number of halogens is 1. The van der Waals surface area contributed by atoms with Crippen LogP contribution >= 0.6 is 0 Å². The van der Waals surface area contributed by atoms with E-state index in [9.17, 15) is 9.18 Å². The number of rotatable bonds is 5. The van der Waals surface area contributed by atoms with E-state index in [1.54, 1.807) is 6.07 Å². The van der Waals surface area contributed by atoms with Gasteiger partial charge in [-0.2, -0.15) is 0 Å². The minimum Gasteiger partial charge on any atom is -0.493 e. The maximum atomic E-state index is 13.0. The van der Waals surface area contributed by atoms with Gasteiger partial charge >= 0.3 is 6.09 Å². The van der Waals surface area contributed by atoms with Crippen LogP contribution in [0.4, 0.5) is 9.18 Å². The highest BCUT2D eigenvalue weighted by Crippen LogP contribution is 2.18. The van der Waals surface area contributed by atoms with Gasteiger partial charge in [-0.05, 0) is 45.7 Å². The quantitative estimate of drug-likeness (QED) is 0.842. The van der Waals surface area contributed by atoms with Crippen molar-refractivity contribution in [3.8, 4) is 5.75 Å². The lowest BCUT2D eigenvalue weighted by Gasteiger charge is -2.19. The third kappa shape index (κ3) is 6.41. The molecule has 0 heterocycles. The molecule has 112 valence electrons. The smallest absolute Gasteiger partial charge is 0.407 e. The maximum Gasteiger partial charge on any atom is 0.407 e. The molecule has 1 rings (SSSR count). The Bertz CT molecular complexity index is 455. The molecule has 5 heteroatoms. The van der Waals surface area contributed by atoms with Crippen LogP contribution in [0.1, 0.15) is 32.8 Å². The van der Waals surface area contributed by atoms with E-state index in [4.69, 9.17) is 9.47 Å². The van der Waals surface area contributed by atoms with E-state index >= 15 is 0 Å². The first-order valence-corrected chi connectivity index (χ1v) is 6.64. The molecular formula is C15H22FNO3. The van der Waals surface area contributed by atoms with Crippen molar-refractivity contribution in [2.45, 2.75) is 39.7 Å². The van der Waals surface area contributed by atoms with Crippen LogP contribution in [0, 0.1) is 12.7 Å². The summed E-state index contributed by atoms with van der Waals surface area (Å²) in [6, 6.07) is 4.42. The molecule has 1 N–H and O–H groups in total. The van der Waals surface area contributed by atoms with Crippen LogP contribution in [0.25, 0.3) is 0 Å². The highest BCUT2D eigenvalue weighted by Gasteiger charge is 2.15. The van der Waals surface area contributed by atoms with E-state index < -0.39 is 11.7 Å². The predicted molar refractivity (Wildman–Crippen MR) is 75.5 cm³/mol. The van der Waals surface area contributed by atoms with Crippen molar-refractivity contribution in [3.63, 3.8) is 0 Å². The largest absolute Gasteiger partial charge is 0.493 e. The van der Waals surface area contributed by atoms with E-state index in [2.05, 4.69) is 5.32 Å². The van der Waals surface area contributed by atoms with Crippen molar-refractivity contribution < 1.29 is 18.7 Å². The number of ether oxygens (including phenoxy) is 2. The fourth-order valence-electron chi connectivity index (χ4n) is 1.49. The molecule has 0 aliphatic rings. The first-order chi connectivity index (χ1) is 9.28. The number of benzene rings is 1. The predicted octanol–water partition coefficient (Wildman–Crippen LogP) is 3.43. The molecule has 0 unspecified atom stereocenters. The summed E-state index contributed by atoms with van der Waals surface area (Å²) in [6.07, 6.45) is 0.175. The van der Waals surface area contributed by atoms with Crippen LogP contribution in [-0.2, 0) is 4.74 Å². The normalized spacial score (nSPS) is 11.1. The molecule has 1 aromatic carbocycles. The molecule has 0 saturated heterocycles. The summed E-state index contributed by atoms with van der Waals surface area (Å²) in [6.45, 7) is 8.13. The lowest BCUT2D eigenvalue weighted by molar-refractivity contribution is 0.0525. The van der Waals surface area contributed by atoms with E-state index in [0.717, 1.165) is 5.56 Å². The zero-order valence-electron chi connectivity index (χ0n) is 12.5. The van der Waals surface area contributed by atoms with E-state index in [1.807, 2.05) is 27.7 Å². The SMILES string of the molecule is Cc1ccc(F)cc1OCCCNC(=O)OC(C)(C)C. The minimum absolute atomic E-state index is 0.322. The Morgan fingerprint density at radius 2 is 2.05 bits per heavy atom. The number of alkyl carbamates (subject to hydrolysis) is 1. The minimum atomic E-state index is -0.501. The monoisotopic (exact) mass is 283 g/mol. The Balaban J connectivity index is 2.22. The molecule has 0 bridgehead atoms. The van der Waals surface area contributed by atoms with Crippen LogP contribution in [0.15, 0.2) is 18.2 Å². The zero-order chi connectivity index (χ0) is 15.2. The summed E-state index contributed by atoms with van der Waals surface area (Å²) in [4.78, 5) is 11.4. The highest BCUT2D eigenvalue weighted by molar-refractivity contribution is 5.67. The van der Waals surface area contributed by atoms with Crippen LogP contribution in [-0.4, -0.2) is 24.8 Å². The third-order valence-corrected chi connectivity index (χ3v) is 2.40. The number of aryl methyl sites for hydroxylation is 1. The molecule has 1 amide bonds. The number of carbonyl (C=O) groups excluding carboxylic acids is 1. The summed E-state index contributed by atoms with van der Waals surface area (Å²) >= 11 is 0. The average molecular weight is 283 g/mol. The van der Waals surface area contributed by atoms with Crippen molar-refractivity contribution in [1.82, 2.24) is 5.32 Å². The van der Waals surface area contributed by atoms with Gasteiger partial charge in [0, 0.05) is 12.6 Å². The Morgan fingerprint density at radius 3 is 2.70 bits per heavy atom. The molecule has 0 aromatic heterocycles.